The third kappa shape index (κ3) is 2.77. The molecule has 0 radical (unpaired) electrons. The highest BCUT2D eigenvalue weighted by Crippen LogP contribution is 2.33. The summed E-state index contributed by atoms with van der Waals surface area (Å²) in [6.45, 7) is 3.88. The van der Waals surface area contributed by atoms with Crippen molar-refractivity contribution in [3.8, 4) is 0 Å². The van der Waals surface area contributed by atoms with Crippen LogP contribution in [0.15, 0.2) is 12.4 Å². The van der Waals surface area contributed by atoms with Crippen molar-refractivity contribution in [2.45, 2.75) is 44.9 Å². The Kier molecular flexibility index (Phi) is 3.49. The van der Waals surface area contributed by atoms with Gasteiger partial charge in [0.25, 0.3) is 0 Å². The molecule has 2 aliphatic rings. The van der Waals surface area contributed by atoms with Crippen LogP contribution in [0.2, 0.25) is 0 Å². The van der Waals surface area contributed by atoms with Gasteiger partial charge >= 0.3 is 0 Å². The largest absolute Gasteiger partial charge is 0.342 e. The van der Waals surface area contributed by atoms with Crippen LogP contribution in [0.4, 0.5) is 0 Å². The highest BCUT2D eigenvalue weighted by molar-refractivity contribution is 5.81. The standard InChI is InChI=1S/C15H21N3O/c1-2-13-9-16-10-14(17-13)11-5-7-18(8-6-11)15(19)12-3-4-12/h9-12H,2-8H2,1H3. The highest BCUT2D eigenvalue weighted by Gasteiger charge is 2.35. The third-order valence-corrected chi connectivity index (χ3v) is 4.22. The molecule has 1 aromatic rings. The molecule has 1 amide bonds. The fourth-order valence-electron chi connectivity index (χ4n) is 2.77. The summed E-state index contributed by atoms with van der Waals surface area (Å²) in [5.41, 5.74) is 2.17. The number of hydrogen-bond acceptors (Lipinski definition) is 3. The van der Waals surface area contributed by atoms with Crippen LogP contribution in [0.5, 0.6) is 0 Å². The second kappa shape index (κ2) is 5.27. The molecule has 4 nitrogen and oxygen atoms in total. The van der Waals surface area contributed by atoms with Crippen molar-refractivity contribution in [1.82, 2.24) is 14.9 Å². The molecule has 2 fully saturated rings. The summed E-state index contributed by atoms with van der Waals surface area (Å²) in [5.74, 6) is 1.20. The van der Waals surface area contributed by atoms with Gasteiger partial charge in [0.15, 0.2) is 0 Å². The topological polar surface area (TPSA) is 46.1 Å². The molecule has 0 bridgehead atoms. The molecule has 1 aromatic heterocycles. The van der Waals surface area contributed by atoms with Crippen LogP contribution in [-0.2, 0) is 11.2 Å². The van der Waals surface area contributed by atoms with Gasteiger partial charge in [0.05, 0.1) is 11.4 Å². The van der Waals surface area contributed by atoms with E-state index in [1.54, 1.807) is 0 Å². The number of aryl methyl sites for hydroxylation is 1. The van der Waals surface area contributed by atoms with Crippen molar-refractivity contribution in [1.29, 1.82) is 0 Å². The van der Waals surface area contributed by atoms with Crippen molar-refractivity contribution < 1.29 is 4.79 Å². The van der Waals surface area contributed by atoms with Crippen LogP contribution >= 0.6 is 0 Å². The van der Waals surface area contributed by atoms with Gasteiger partial charge in [-0.15, -0.1) is 0 Å². The van der Waals surface area contributed by atoms with Crippen LogP contribution in [0, 0.1) is 5.92 Å². The molecule has 1 aliphatic heterocycles. The van der Waals surface area contributed by atoms with Crippen LogP contribution in [0.1, 0.15) is 49.9 Å². The van der Waals surface area contributed by atoms with Crippen molar-refractivity contribution >= 4 is 5.91 Å². The second-order valence-corrected chi connectivity index (χ2v) is 5.66. The SMILES string of the molecule is CCc1cncc(C2CCN(C(=O)C3CC3)CC2)n1. The van der Waals surface area contributed by atoms with Gasteiger partial charge in [-0.3, -0.25) is 14.8 Å². The number of likely N-dealkylation sites (tertiary alicyclic amines) is 1. The van der Waals surface area contributed by atoms with Crippen LogP contribution < -0.4 is 0 Å². The summed E-state index contributed by atoms with van der Waals surface area (Å²) in [7, 11) is 0. The molecule has 3 rings (SSSR count). The number of piperidine rings is 1. The van der Waals surface area contributed by atoms with E-state index in [2.05, 4.69) is 16.9 Å². The Hall–Kier alpha value is -1.45. The Morgan fingerprint density at radius 3 is 2.63 bits per heavy atom. The normalized spacial score (nSPS) is 20.6. The maximum Gasteiger partial charge on any atom is 0.225 e. The van der Waals surface area contributed by atoms with E-state index < -0.39 is 0 Å². The molecule has 1 aliphatic carbocycles. The summed E-state index contributed by atoms with van der Waals surface area (Å²) < 4.78 is 0. The van der Waals surface area contributed by atoms with Crippen molar-refractivity contribution in [3.63, 3.8) is 0 Å². The van der Waals surface area contributed by atoms with Crippen LogP contribution in [-0.4, -0.2) is 33.9 Å². The van der Waals surface area contributed by atoms with Crippen molar-refractivity contribution in [3.05, 3.63) is 23.8 Å². The first-order chi connectivity index (χ1) is 9.28. The lowest BCUT2D eigenvalue weighted by molar-refractivity contribution is -0.133. The van der Waals surface area contributed by atoms with E-state index in [-0.39, 0.29) is 0 Å². The van der Waals surface area contributed by atoms with E-state index in [0.29, 0.717) is 17.7 Å². The Morgan fingerprint density at radius 1 is 1.26 bits per heavy atom. The van der Waals surface area contributed by atoms with Crippen LogP contribution in [0.3, 0.4) is 0 Å². The van der Waals surface area contributed by atoms with E-state index in [1.165, 1.54) is 0 Å². The molecule has 0 spiro atoms. The minimum atomic E-state index is 0.347. The van der Waals surface area contributed by atoms with E-state index in [0.717, 1.165) is 56.6 Å². The number of hydrogen-bond donors (Lipinski definition) is 0. The average molecular weight is 259 g/mol. The number of carbonyl (C=O) groups excluding carboxylic acids is 1. The number of aromatic nitrogens is 2. The summed E-state index contributed by atoms with van der Waals surface area (Å²) in [5, 5.41) is 0. The molecule has 1 saturated heterocycles. The minimum absolute atomic E-state index is 0.347. The Morgan fingerprint density at radius 2 is 2.00 bits per heavy atom. The lowest BCUT2D eigenvalue weighted by atomic mass is 9.93. The summed E-state index contributed by atoms with van der Waals surface area (Å²) in [4.78, 5) is 23.0. The summed E-state index contributed by atoms with van der Waals surface area (Å²) >= 11 is 0. The maximum absolute atomic E-state index is 12.0. The van der Waals surface area contributed by atoms with Crippen molar-refractivity contribution in [2.24, 2.45) is 5.92 Å². The molecule has 2 heterocycles. The molecule has 19 heavy (non-hydrogen) atoms. The Bertz CT molecular complexity index is 462. The Labute approximate surface area is 114 Å². The summed E-state index contributed by atoms with van der Waals surface area (Å²) in [6, 6.07) is 0. The highest BCUT2D eigenvalue weighted by atomic mass is 16.2. The predicted molar refractivity (Wildman–Crippen MR) is 72.7 cm³/mol. The van der Waals surface area contributed by atoms with Gasteiger partial charge in [0.1, 0.15) is 0 Å². The first kappa shape index (κ1) is 12.6. The fraction of sp³-hybridized carbons (Fsp3) is 0.667. The quantitative estimate of drug-likeness (QED) is 0.835. The first-order valence-electron chi connectivity index (χ1n) is 7.37. The third-order valence-electron chi connectivity index (χ3n) is 4.22. The maximum atomic E-state index is 12.0. The smallest absolute Gasteiger partial charge is 0.225 e. The lowest BCUT2D eigenvalue weighted by Crippen LogP contribution is -2.38. The van der Waals surface area contributed by atoms with E-state index >= 15 is 0 Å². The minimum Gasteiger partial charge on any atom is -0.342 e. The first-order valence-corrected chi connectivity index (χ1v) is 7.37. The van der Waals surface area contributed by atoms with Gasteiger partial charge < -0.3 is 4.90 Å². The van der Waals surface area contributed by atoms with Gasteiger partial charge in [-0.1, -0.05) is 6.92 Å². The fourth-order valence-corrected chi connectivity index (χ4v) is 2.77. The predicted octanol–water partition coefficient (Wildman–Crippen LogP) is 2.16. The van der Waals surface area contributed by atoms with Gasteiger partial charge in [0, 0.05) is 37.3 Å². The van der Waals surface area contributed by atoms with Crippen molar-refractivity contribution in [2.75, 3.05) is 13.1 Å². The molecule has 0 aromatic carbocycles. The second-order valence-electron chi connectivity index (χ2n) is 5.66. The average Bonchev–Trinajstić information content (AvgIpc) is 3.31. The van der Waals surface area contributed by atoms with Gasteiger partial charge in [-0.25, -0.2) is 0 Å². The molecular formula is C15H21N3O. The zero-order valence-corrected chi connectivity index (χ0v) is 11.5. The summed E-state index contributed by atoms with van der Waals surface area (Å²) in [6.07, 6.45) is 8.92. The zero-order chi connectivity index (χ0) is 13.2. The van der Waals surface area contributed by atoms with E-state index in [9.17, 15) is 4.79 Å². The van der Waals surface area contributed by atoms with E-state index in [4.69, 9.17) is 0 Å². The van der Waals surface area contributed by atoms with Gasteiger partial charge in [-0.05, 0) is 32.1 Å². The monoisotopic (exact) mass is 259 g/mol. The Balaban J connectivity index is 1.61. The molecule has 1 saturated carbocycles. The number of rotatable bonds is 3. The molecule has 4 heteroatoms. The van der Waals surface area contributed by atoms with Gasteiger partial charge in [-0.2, -0.15) is 0 Å². The number of amides is 1. The number of nitrogens with zero attached hydrogens (tertiary/aromatic N) is 3. The number of carbonyl (C=O) groups is 1. The molecule has 0 atom stereocenters. The lowest BCUT2D eigenvalue weighted by Gasteiger charge is -2.31. The van der Waals surface area contributed by atoms with Gasteiger partial charge in [0.2, 0.25) is 5.91 Å². The zero-order valence-electron chi connectivity index (χ0n) is 11.5. The molecule has 102 valence electrons. The molecule has 0 N–H and O–H groups in total. The molecular weight excluding hydrogens is 238 g/mol. The molecule has 0 unspecified atom stereocenters. The van der Waals surface area contributed by atoms with Crippen LogP contribution in [0.25, 0.3) is 0 Å². The van der Waals surface area contributed by atoms with E-state index in [1.807, 2.05) is 17.3 Å².